The third-order valence-corrected chi connectivity index (χ3v) is 5.50. The van der Waals surface area contributed by atoms with E-state index in [1.807, 2.05) is 6.92 Å². The molecule has 0 spiro atoms. The first-order chi connectivity index (χ1) is 11.8. The van der Waals surface area contributed by atoms with Gasteiger partial charge in [-0.2, -0.15) is 0 Å². The highest BCUT2D eigenvalue weighted by molar-refractivity contribution is 6.07. The summed E-state index contributed by atoms with van der Waals surface area (Å²) in [7, 11) is 1.70. The summed E-state index contributed by atoms with van der Waals surface area (Å²) in [4.78, 5) is 40.8. The molecule has 0 aromatic carbocycles. The molecule has 1 unspecified atom stereocenters. The third-order valence-electron chi connectivity index (χ3n) is 5.50. The number of imide groups is 1. The molecule has 3 amide bonds. The monoisotopic (exact) mass is 344 g/mol. The fourth-order valence-corrected chi connectivity index (χ4v) is 4.05. The number of Topliss-reactive ketones (excluding diaryl/α,β-unsaturated/α-hetero) is 1. The van der Waals surface area contributed by atoms with Crippen molar-refractivity contribution in [3.05, 3.63) is 37.0 Å². The Labute approximate surface area is 150 Å². The molecule has 1 aliphatic heterocycles. The number of nitrogens with zero attached hydrogens (tertiary/aromatic N) is 2. The van der Waals surface area contributed by atoms with Crippen LogP contribution in [0, 0.1) is 11.3 Å². The van der Waals surface area contributed by atoms with Gasteiger partial charge in [-0.3, -0.25) is 14.5 Å². The van der Waals surface area contributed by atoms with Crippen LogP contribution in [-0.4, -0.2) is 47.7 Å². The van der Waals surface area contributed by atoms with E-state index in [9.17, 15) is 14.4 Å². The van der Waals surface area contributed by atoms with Gasteiger partial charge in [-0.1, -0.05) is 50.6 Å². The van der Waals surface area contributed by atoms with Gasteiger partial charge in [0.05, 0.1) is 12.0 Å². The highest BCUT2D eigenvalue weighted by atomic mass is 16.2. The maximum atomic E-state index is 13.2. The minimum atomic E-state index is -0.625. The van der Waals surface area contributed by atoms with Gasteiger partial charge < -0.3 is 4.90 Å². The van der Waals surface area contributed by atoms with Crippen molar-refractivity contribution in [3.63, 3.8) is 0 Å². The van der Waals surface area contributed by atoms with Gasteiger partial charge >= 0.3 is 6.03 Å². The predicted molar refractivity (Wildman–Crippen MR) is 97.9 cm³/mol. The van der Waals surface area contributed by atoms with Crippen molar-refractivity contribution in [2.75, 3.05) is 20.1 Å². The zero-order chi connectivity index (χ0) is 18.6. The summed E-state index contributed by atoms with van der Waals surface area (Å²) in [6.07, 6.45) is 9.89. The Morgan fingerprint density at radius 2 is 1.88 bits per heavy atom. The minimum absolute atomic E-state index is 0.224. The topological polar surface area (TPSA) is 57.7 Å². The van der Waals surface area contributed by atoms with Crippen LogP contribution in [0.5, 0.6) is 0 Å². The summed E-state index contributed by atoms with van der Waals surface area (Å²) in [5, 5.41) is 0. The van der Waals surface area contributed by atoms with E-state index in [4.69, 9.17) is 0 Å². The summed E-state index contributed by atoms with van der Waals surface area (Å²) in [6.45, 7) is 9.29. The zero-order valence-electron chi connectivity index (χ0n) is 15.3. The smallest absolute Gasteiger partial charge is 0.326 e. The molecule has 5 nitrogen and oxygen atoms in total. The van der Waals surface area contributed by atoms with Crippen molar-refractivity contribution < 1.29 is 14.4 Å². The van der Waals surface area contributed by atoms with Crippen molar-refractivity contribution in [2.24, 2.45) is 11.3 Å². The van der Waals surface area contributed by atoms with Crippen LogP contribution in [0.25, 0.3) is 0 Å². The lowest BCUT2D eigenvalue weighted by Gasteiger charge is -2.47. The van der Waals surface area contributed by atoms with Crippen LogP contribution in [0.15, 0.2) is 37.0 Å². The molecular weight excluding hydrogens is 316 g/mol. The molecule has 2 aliphatic rings. The molecule has 5 heteroatoms. The van der Waals surface area contributed by atoms with E-state index in [1.54, 1.807) is 11.9 Å². The molecule has 1 saturated heterocycles. The quantitative estimate of drug-likeness (QED) is 0.548. The van der Waals surface area contributed by atoms with E-state index in [0.29, 0.717) is 12.1 Å². The maximum Gasteiger partial charge on any atom is 0.326 e. The number of ketones is 1. The number of amides is 3. The van der Waals surface area contributed by atoms with Crippen LogP contribution in [0.1, 0.15) is 39.0 Å². The molecule has 1 aliphatic carbocycles. The largest absolute Gasteiger partial charge is 0.326 e. The van der Waals surface area contributed by atoms with Crippen LogP contribution in [0.2, 0.25) is 0 Å². The molecule has 0 bridgehead atoms. The molecule has 1 saturated carbocycles. The molecule has 0 aromatic rings. The minimum Gasteiger partial charge on any atom is -0.326 e. The van der Waals surface area contributed by atoms with E-state index in [0.717, 1.165) is 30.6 Å². The number of hydrogen-bond acceptors (Lipinski definition) is 3. The second kappa shape index (κ2) is 7.81. The molecule has 136 valence electrons. The molecule has 0 N–H and O–H groups in total. The Bertz CT molecular complexity index is 616. The van der Waals surface area contributed by atoms with Crippen molar-refractivity contribution in [2.45, 2.75) is 39.0 Å². The number of urea groups is 1. The molecule has 2 fully saturated rings. The zero-order valence-corrected chi connectivity index (χ0v) is 15.3. The lowest BCUT2D eigenvalue weighted by Crippen LogP contribution is -2.63. The predicted octanol–water partition coefficient (Wildman–Crippen LogP) is 3.33. The van der Waals surface area contributed by atoms with Crippen LogP contribution < -0.4 is 0 Å². The fourth-order valence-electron chi connectivity index (χ4n) is 4.05. The van der Waals surface area contributed by atoms with E-state index in [-0.39, 0.29) is 24.2 Å². The van der Waals surface area contributed by atoms with Gasteiger partial charge in [-0.25, -0.2) is 4.79 Å². The Kier molecular flexibility index (Phi) is 5.98. The van der Waals surface area contributed by atoms with Crippen LogP contribution in [-0.2, 0) is 9.59 Å². The number of carbonyl (C=O) groups excluding carboxylic acids is 3. The Morgan fingerprint density at radius 1 is 1.24 bits per heavy atom. The highest BCUT2D eigenvalue weighted by Crippen LogP contribution is 2.42. The van der Waals surface area contributed by atoms with Crippen molar-refractivity contribution in [3.8, 4) is 0 Å². The summed E-state index contributed by atoms with van der Waals surface area (Å²) < 4.78 is 0. The molecular formula is C20H28N2O3. The van der Waals surface area contributed by atoms with Crippen LogP contribution >= 0.6 is 0 Å². The second-order valence-corrected chi connectivity index (χ2v) is 7.27. The Hall–Kier alpha value is -2.17. The van der Waals surface area contributed by atoms with Gasteiger partial charge in [0.2, 0.25) is 5.91 Å². The first-order valence-corrected chi connectivity index (χ1v) is 8.90. The van der Waals surface area contributed by atoms with E-state index >= 15 is 0 Å². The Balaban J connectivity index is 2.26. The van der Waals surface area contributed by atoms with E-state index < -0.39 is 11.4 Å². The molecule has 25 heavy (non-hydrogen) atoms. The van der Waals surface area contributed by atoms with Gasteiger partial charge in [-0.15, -0.1) is 0 Å². The van der Waals surface area contributed by atoms with Gasteiger partial charge in [0.25, 0.3) is 0 Å². The molecule has 1 heterocycles. The number of rotatable bonds is 6. The molecule has 1 atom stereocenters. The normalized spacial score (nSPS) is 25.9. The number of allylic oxidation sites excluding steroid dienone is 3. The van der Waals surface area contributed by atoms with Crippen LogP contribution in [0.3, 0.4) is 0 Å². The van der Waals surface area contributed by atoms with Gasteiger partial charge in [-0.05, 0) is 25.7 Å². The third kappa shape index (κ3) is 3.75. The van der Waals surface area contributed by atoms with Crippen molar-refractivity contribution >= 4 is 17.7 Å². The lowest BCUT2D eigenvalue weighted by atomic mass is 9.68. The average Bonchev–Trinajstić information content (AvgIpc) is 2.62. The van der Waals surface area contributed by atoms with Gasteiger partial charge in [0.15, 0.2) is 5.78 Å². The Morgan fingerprint density at radius 3 is 2.44 bits per heavy atom. The number of carbonyl (C=O) groups is 3. The van der Waals surface area contributed by atoms with E-state index in [2.05, 4.69) is 13.2 Å². The van der Waals surface area contributed by atoms with Gasteiger partial charge in [0.1, 0.15) is 0 Å². The van der Waals surface area contributed by atoms with Crippen molar-refractivity contribution in [1.82, 2.24) is 9.80 Å². The summed E-state index contributed by atoms with van der Waals surface area (Å²) in [5.74, 6) is -0.278. The fraction of sp³-hybridized carbons (Fsp3) is 0.550. The molecule has 2 rings (SSSR count). The summed E-state index contributed by atoms with van der Waals surface area (Å²) in [5.41, 5.74) is -0.275. The first-order valence-electron chi connectivity index (χ1n) is 8.90. The SMILES string of the molecule is C=C/C=C(\C=C)C(=O)CN1C(=O)N(C)CC(C)(C2CCCCC2)C1=O. The second-order valence-electron chi connectivity index (χ2n) is 7.27. The highest BCUT2D eigenvalue weighted by Gasteiger charge is 2.51. The maximum absolute atomic E-state index is 13.2. The van der Waals surface area contributed by atoms with Gasteiger partial charge in [0, 0.05) is 19.2 Å². The average molecular weight is 344 g/mol. The van der Waals surface area contributed by atoms with Crippen molar-refractivity contribution in [1.29, 1.82) is 0 Å². The summed E-state index contributed by atoms with van der Waals surface area (Å²) in [6, 6.07) is -0.409. The molecule has 0 aromatic heterocycles. The van der Waals surface area contributed by atoms with E-state index in [1.165, 1.54) is 24.6 Å². The first kappa shape index (κ1) is 19.2. The standard InChI is InChI=1S/C20H28N2O3/c1-5-10-15(6-2)17(23)13-22-18(24)20(3,14-21(4)19(22)25)16-11-8-7-9-12-16/h5-6,10,16H,1-2,7-9,11-14H2,3-4H3/b15-10+. The lowest BCUT2D eigenvalue weighted by molar-refractivity contribution is -0.149. The van der Waals surface area contributed by atoms with Crippen LogP contribution in [0.4, 0.5) is 4.79 Å². The number of hydrogen-bond donors (Lipinski definition) is 0. The molecule has 0 radical (unpaired) electrons. The summed E-state index contributed by atoms with van der Waals surface area (Å²) >= 11 is 0.